The summed E-state index contributed by atoms with van der Waals surface area (Å²) in [5.41, 5.74) is 5.85. The molecule has 4 heteroatoms. The van der Waals surface area contributed by atoms with E-state index in [9.17, 15) is 4.79 Å². The van der Waals surface area contributed by atoms with Gasteiger partial charge in [-0.3, -0.25) is 4.79 Å². The molecule has 3 nitrogen and oxygen atoms in total. The highest BCUT2D eigenvalue weighted by molar-refractivity contribution is 7.10. The number of carbonyl (C=O) groups is 1. The van der Waals surface area contributed by atoms with Crippen molar-refractivity contribution in [3.05, 3.63) is 21.9 Å². The Hall–Kier alpha value is -0.870. The third-order valence-electron chi connectivity index (χ3n) is 3.40. The Morgan fingerprint density at radius 1 is 1.41 bits per heavy atom. The van der Waals surface area contributed by atoms with Gasteiger partial charge in [0.05, 0.1) is 5.56 Å². The summed E-state index contributed by atoms with van der Waals surface area (Å²) in [6, 6.07) is 1.89. The minimum atomic E-state index is -0.334. The highest BCUT2D eigenvalue weighted by Gasteiger charge is 2.12. The zero-order valence-electron chi connectivity index (χ0n) is 10.1. The molecule has 1 aliphatic carbocycles. The van der Waals surface area contributed by atoms with Crippen LogP contribution in [0.25, 0.3) is 0 Å². The fraction of sp³-hybridized carbons (Fsp3) is 0.615. The summed E-state index contributed by atoms with van der Waals surface area (Å²) in [7, 11) is 0. The van der Waals surface area contributed by atoms with Gasteiger partial charge in [-0.15, -0.1) is 11.3 Å². The third-order valence-corrected chi connectivity index (χ3v) is 4.33. The number of hydrogen-bond donors (Lipinski definition) is 2. The molecule has 1 saturated carbocycles. The molecular formula is C13H20N2OS. The van der Waals surface area contributed by atoms with Crippen molar-refractivity contribution in [1.82, 2.24) is 5.32 Å². The molecule has 94 valence electrons. The van der Waals surface area contributed by atoms with E-state index in [4.69, 9.17) is 5.73 Å². The number of primary amides is 1. The molecule has 3 N–H and O–H groups in total. The van der Waals surface area contributed by atoms with Gasteiger partial charge in [0.2, 0.25) is 5.91 Å². The molecule has 0 saturated heterocycles. The Morgan fingerprint density at radius 3 is 2.82 bits per heavy atom. The Balaban J connectivity index is 1.71. The lowest BCUT2D eigenvalue weighted by Crippen LogP contribution is -2.23. The molecule has 0 aromatic carbocycles. The van der Waals surface area contributed by atoms with Crippen LogP contribution in [0.1, 0.15) is 47.3 Å². The van der Waals surface area contributed by atoms with Crippen molar-refractivity contribution in [2.24, 2.45) is 11.7 Å². The monoisotopic (exact) mass is 252 g/mol. The molecule has 1 amide bonds. The first-order valence-electron chi connectivity index (χ1n) is 6.33. The molecule has 0 radical (unpaired) electrons. The molecule has 0 spiro atoms. The van der Waals surface area contributed by atoms with Crippen LogP contribution in [0.4, 0.5) is 0 Å². The lowest BCUT2D eigenvalue weighted by molar-refractivity contribution is 0.100. The van der Waals surface area contributed by atoms with Crippen LogP contribution in [-0.2, 0) is 6.54 Å². The third kappa shape index (κ3) is 3.82. The van der Waals surface area contributed by atoms with Gasteiger partial charge in [-0.1, -0.05) is 19.3 Å². The molecule has 0 unspecified atom stereocenters. The highest BCUT2D eigenvalue weighted by Crippen LogP contribution is 2.23. The van der Waals surface area contributed by atoms with Crippen LogP contribution in [0.3, 0.4) is 0 Å². The van der Waals surface area contributed by atoms with E-state index in [2.05, 4.69) is 5.32 Å². The first kappa shape index (κ1) is 12.6. The van der Waals surface area contributed by atoms with Gasteiger partial charge in [-0.05, 0) is 31.4 Å². The van der Waals surface area contributed by atoms with Crippen molar-refractivity contribution in [3.63, 3.8) is 0 Å². The van der Waals surface area contributed by atoms with Crippen molar-refractivity contribution in [1.29, 1.82) is 0 Å². The number of carbonyl (C=O) groups excluding carboxylic acids is 1. The van der Waals surface area contributed by atoms with Crippen LogP contribution in [0, 0.1) is 5.92 Å². The van der Waals surface area contributed by atoms with Gasteiger partial charge in [0.25, 0.3) is 0 Å². The summed E-state index contributed by atoms with van der Waals surface area (Å²) in [5, 5.41) is 5.32. The summed E-state index contributed by atoms with van der Waals surface area (Å²) in [4.78, 5) is 12.1. The fourth-order valence-corrected chi connectivity index (χ4v) is 3.24. The first-order valence-corrected chi connectivity index (χ1v) is 7.21. The van der Waals surface area contributed by atoms with Crippen molar-refractivity contribution in [3.8, 4) is 0 Å². The zero-order chi connectivity index (χ0) is 12.1. The minimum absolute atomic E-state index is 0.334. The number of thiophene rings is 1. The number of amides is 1. The van der Waals surface area contributed by atoms with E-state index >= 15 is 0 Å². The number of rotatable bonds is 5. The summed E-state index contributed by atoms with van der Waals surface area (Å²) in [5.74, 6) is 0.513. The van der Waals surface area contributed by atoms with Gasteiger partial charge >= 0.3 is 0 Å². The molecule has 2 rings (SSSR count). The number of hydrogen-bond acceptors (Lipinski definition) is 3. The summed E-state index contributed by atoms with van der Waals surface area (Å²) >= 11 is 1.60. The topological polar surface area (TPSA) is 55.1 Å². The predicted octanol–water partition coefficient (Wildman–Crippen LogP) is 2.52. The molecule has 0 aliphatic heterocycles. The van der Waals surface area contributed by atoms with E-state index in [-0.39, 0.29) is 5.91 Å². The Kier molecular flexibility index (Phi) is 4.57. The summed E-state index contributed by atoms with van der Waals surface area (Å²) < 4.78 is 0. The van der Waals surface area contributed by atoms with E-state index in [1.54, 1.807) is 11.3 Å². The second-order valence-corrected chi connectivity index (χ2v) is 5.80. The summed E-state index contributed by atoms with van der Waals surface area (Å²) in [6.45, 7) is 1.96. The van der Waals surface area contributed by atoms with E-state index in [1.165, 1.54) is 37.0 Å². The van der Waals surface area contributed by atoms with Gasteiger partial charge < -0.3 is 11.1 Å². The molecule has 1 heterocycles. The van der Waals surface area contributed by atoms with Gasteiger partial charge in [0.15, 0.2) is 0 Å². The maximum absolute atomic E-state index is 10.9. The van der Waals surface area contributed by atoms with Crippen molar-refractivity contribution in [2.45, 2.75) is 38.6 Å². The van der Waals surface area contributed by atoms with Crippen LogP contribution in [-0.4, -0.2) is 12.5 Å². The van der Waals surface area contributed by atoms with E-state index in [0.717, 1.165) is 19.0 Å². The molecule has 1 fully saturated rings. The number of nitrogens with two attached hydrogens (primary N) is 1. The van der Waals surface area contributed by atoms with Crippen molar-refractivity contribution < 1.29 is 4.79 Å². The van der Waals surface area contributed by atoms with Gasteiger partial charge in [0.1, 0.15) is 0 Å². The lowest BCUT2D eigenvalue weighted by Gasteiger charge is -2.21. The molecule has 1 aliphatic rings. The van der Waals surface area contributed by atoms with Crippen molar-refractivity contribution >= 4 is 17.2 Å². The Morgan fingerprint density at radius 2 is 2.18 bits per heavy atom. The van der Waals surface area contributed by atoms with E-state index in [0.29, 0.717) is 5.56 Å². The molecule has 0 atom stereocenters. The van der Waals surface area contributed by atoms with E-state index in [1.807, 2.05) is 11.4 Å². The van der Waals surface area contributed by atoms with Crippen LogP contribution < -0.4 is 11.1 Å². The smallest absolute Gasteiger partial charge is 0.249 e. The first-order chi connectivity index (χ1) is 8.25. The van der Waals surface area contributed by atoms with Crippen molar-refractivity contribution in [2.75, 3.05) is 6.54 Å². The van der Waals surface area contributed by atoms with Gasteiger partial charge in [-0.2, -0.15) is 0 Å². The van der Waals surface area contributed by atoms with Crippen LogP contribution >= 0.6 is 11.3 Å². The molecule has 1 aromatic rings. The standard InChI is InChI=1S/C13H20N2OS/c14-13(16)11-6-12(17-9-11)8-15-7-10-4-2-1-3-5-10/h6,9-10,15H,1-5,7-8H2,(H2,14,16). The van der Waals surface area contributed by atoms with E-state index < -0.39 is 0 Å². The fourth-order valence-electron chi connectivity index (χ4n) is 2.39. The maximum atomic E-state index is 10.9. The quantitative estimate of drug-likeness (QED) is 0.846. The Labute approximate surface area is 106 Å². The normalized spacial score (nSPS) is 17.2. The second-order valence-electron chi connectivity index (χ2n) is 4.80. The van der Waals surface area contributed by atoms with Crippen LogP contribution in [0.5, 0.6) is 0 Å². The average molecular weight is 252 g/mol. The molecule has 17 heavy (non-hydrogen) atoms. The highest BCUT2D eigenvalue weighted by atomic mass is 32.1. The number of nitrogens with one attached hydrogen (secondary N) is 1. The minimum Gasteiger partial charge on any atom is -0.366 e. The summed E-state index contributed by atoms with van der Waals surface area (Å²) in [6.07, 6.45) is 6.91. The predicted molar refractivity (Wildman–Crippen MR) is 71.1 cm³/mol. The average Bonchev–Trinajstić information content (AvgIpc) is 2.79. The molecule has 0 bridgehead atoms. The maximum Gasteiger partial charge on any atom is 0.249 e. The second kappa shape index (κ2) is 6.17. The zero-order valence-corrected chi connectivity index (χ0v) is 10.9. The van der Waals surface area contributed by atoms with Gasteiger partial charge in [-0.25, -0.2) is 0 Å². The largest absolute Gasteiger partial charge is 0.366 e. The molecule has 1 aromatic heterocycles. The lowest BCUT2D eigenvalue weighted by atomic mass is 9.89. The van der Waals surface area contributed by atoms with Crippen LogP contribution in [0.15, 0.2) is 11.4 Å². The van der Waals surface area contributed by atoms with Gasteiger partial charge in [0, 0.05) is 16.8 Å². The molecular weight excluding hydrogens is 232 g/mol. The SMILES string of the molecule is NC(=O)c1csc(CNCC2CCCCC2)c1. The Bertz CT molecular complexity index is 369. The van der Waals surface area contributed by atoms with Crippen LogP contribution in [0.2, 0.25) is 0 Å².